The molecule has 3 rings (SSSR count). The second kappa shape index (κ2) is 5.79. The molecular formula is C16H25N3O2. The first kappa shape index (κ1) is 14.6. The van der Waals surface area contributed by atoms with Gasteiger partial charge in [0.05, 0.1) is 11.6 Å². The van der Waals surface area contributed by atoms with E-state index < -0.39 is 5.97 Å². The van der Waals surface area contributed by atoms with Crippen LogP contribution in [0, 0.1) is 5.92 Å². The second-order valence-corrected chi connectivity index (χ2v) is 6.71. The largest absolute Gasteiger partial charge is 0.481 e. The van der Waals surface area contributed by atoms with E-state index in [1.807, 2.05) is 0 Å². The normalized spacial score (nSPS) is 24.2. The average Bonchev–Trinajstić information content (AvgIpc) is 2.90. The van der Waals surface area contributed by atoms with Crippen LogP contribution in [0.2, 0.25) is 0 Å². The molecule has 0 radical (unpaired) electrons. The second-order valence-electron chi connectivity index (χ2n) is 6.71. The number of carbonyl (C=O) groups is 1. The number of nitrogens with zero attached hydrogens (tertiary/aromatic N) is 3. The Hall–Kier alpha value is -1.36. The van der Waals surface area contributed by atoms with Gasteiger partial charge in [0.25, 0.3) is 0 Å². The number of aliphatic carboxylic acids is 1. The monoisotopic (exact) mass is 291 g/mol. The molecule has 2 aliphatic heterocycles. The number of piperidine rings is 1. The van der Waals surface area contributed by atoms with Crippen LogP contribution in [0.25, 0.3) is 0 Å². The molecule has 1 atom stereocenters. The smallest absolute Gasteiger partial charge is 0.308 e. The summed E-state index contributed by atoms with van der Waals surface area (Å²) in [5.74, 6) is 0.693. The number of imidazole rings is 1. The van der Waals surface area contributed by atoms with Gasteiger partial charge in [0, 0.05) is 31.1 Å². The third-order valence-electron chi connectivity index (χ3n) is 5.04. The molecule has 1 fully saturated rings. The van der Waals surface area contributed by atoms with Gasteiger partial charge in [0.2, 0.25) is 0 Å². The minimum absolute atomic E-state index is 0.248. The minimum Gasteiger partial charge on any atom is -0.481 e. The molecule has 0 bridgehead atoms. The third kappa shape index (κ3) is 2.98. The number of rotatable bonds is 3. The van der Waals surface area contributed by atoms with Gasteiger partial charge in [-0.15, -0.1) is 0 Å². The van der Waals surface area contributed by atoms with Crippen molar-refractivity contribution in [2.45, 2.75) is 58.0 Å². The van der Waals surface area contributed by atoms with Crippen molar-refractivity contribution in [3.63, 3.8) is 0 Å². The number of likely N-dealkylation sites (tertiary alicyclic amines) is 1. The van der Waals surface area contributed by atoms with E-state index in [2.05, 4.69) is 29.5 Å². The lowest BCUT2D eigenvalue weighted by molar-refractivity contribution is -0.142. The maximum Gasteiger partial charge on any atom is 0.308 e. The minimum atomic E-state index is -0.679. The van der Waals surface area contributed by atoms with Crippen molar-refractivity contribution in [3.8, 4) is 0 Å². The van der Waals surface area contributed by atoms with E-state index in [1.165, 1.54) is 5.69 Å². The molecule has 116 valence electrons. The fourth-order valence-electron chi connectivity index (χ4n) is 3.58. The van der Waals surface area contributed by atoms with Crippen LogP contribution in [0.1, 0.15) is 50.5 Å². The third-order valence-corrected chi connectivity index (χ3v) is 5.04. The number of aryl methyl sites for hydroxylation is 1. The van der Waals surface area contributed by atoms with Gasteiger partial charge in [-0.3, -0.25) is 4.79 Å². The van der Waals surface area contributed by atoms with Crippen molar-refractivity contribution in [2.75, 3.05) is 13.1 Å². The van der Waals surface area contributed by atoms with Gasteiger partial charge in [-0.05, 0) is 46.2 Å². The summed E-state index contributed by atoms with van der Waals surface area (Å²) in [6.45, 7) is 7.37. The van der Waals surface area contributed by atoms with Crippen molar-refractivity contribution in [1.29, 1.82) is 0 Å². The van der Waals surface area contributed by atoms with E-state index >= 15 is 0 Å². The van der Waals surface area contributed by atoms with Gasteiger partial charge in [-0.1, -0.05) is 0 Å². The zero-order chi connectivity index (χ0) is 15.0. The SMILES string of the molecule is CC(C)N1CCC(c2cn3c(n2)CCC(C(=O)O)C3)CC1. The Labute approximate surface area is 126 Å². The van der Waals surface area contributed by atoms with Crippen LogP contribution in [-0.2, 0) is 17.8 Å². The molecule has 0 saturated carbocycles. The Balaban J connectivity index is 1.67. The highest BCUT2D eigenvalue weighted by atomic mass is 16.4. The molecule has 21 heavy (non-hydrogen) atoms. The first-order chi connectivity index (χ1) is 10.0. The molecule has 1 aromatic heterocycles. The molecule has 1 unspecified atom stereocenters. The summed E-state index contributed by atoms with van der Waals surface area (Å²) in [6, 6.07) is 0.623. The van der Waals surface area contributed by atoms with E-state index in [4.69, 9.17) is 10.1 Å². The van der Waals surface area contributed by atoms with Crippen molar-refractivity contribution in [1.82, 2.24) is 14.5 Å². The van der Waals surface area contributed by atoms with Gasteiger partial charge >= 0.3 is 5.97 Å². The first-order valence-electron chi connectivity index (χ1n) is 8.07. The van der Waals surface area contributed by atoms with Crippen LogP contribution in [-0.4, -0.2) is 44.7 Å². The fourth-order valence-corrected chi connectivity index (χ4v) is 3.58. The highest BCUT2D eigenvalue weighted by Crippen LogP contribution is 2.30. The molecule has 1 aromatic rings. The number of fused-ring (bicyclic) bond motifs is 1. The zero-order valence-corrected chi connectivity index (χ0v) is 13.0. The molecule has 2 aliphatic rings. The van der Waals surface area contributed by atoms with Gasteiger partial charge < -0.3 is 14.6 Å². The van der Waals surface area contributed by atoms with Gasteiger partial charge in [0.1, 0.15) is 5.82 Å². The molecule has 1 saturated heterocycles. The number of aromatic nitrogens is 2. The van der Waals surface area contributed by atoms with Gasteiger partial charge in [-0.25, -0.2) is 4.98 Å². The Morgan fingerprint density at radius 3 is 2.67 bits per heavy atom. The van der Waals surface area contributed by atoms with Crippen LogP contribution in [0.15, 0.2) is 6.20 Å². The van der Waals surface area contributed by atoms with E-state index in [1.54, 1.807) is 0 Å². The van der Waals surface area contributed by atoms with Crippen molar-refractivity contribution in [3.05, 3.63) is 17.7 Å². The predicted molar refractivity (Wildman–Crippen MR) is 80.4 cm³/mol. The molecule has 0 aromatic carbocycles. The molecule has 1 N–H and O–H groups in total. The van der Waals surface area contributed by atoms with E-state index in [9.17, 15) is 4.79 Å². The van der Waals surface area contributed by atoms with Gasteiger partial charge in [-0.2, -0.15) is 0 Å². The van der Waals surface area contributed by atoms with E-state index in [-0.39, 0.29) is 5.92 Å². The van der Waals surface area contributed by atoms with E-state index in [0.717, 1.165) is 44.6 Å². The van der Waals surface area contributed by atoms with Crippen molar-refractivity contribution in [2.24, 2.45) is 5.92 Å². The Morgan fingerprint density at radius 2 is 2.05 bits per heavy atom. The lowest BCUT2D eigenvalue weighted by atomic mass is 9.93. The summed E-state index contributed by atoms with van der Waals surface area (Å²) in [4.78, 5) is 18.4. The average molecular weight is 291 g/mol. The predicted octanol–water partition coefficient (Wildman–Crippen LogP) is 2.12. The Kier molecular flexibility index (Phi) is 4.02. The van der Waals surface area contributed by atoms with Crippen LogP contribution in [0.3, 0.4) is 0 Å². The molecule has 0 amide bonds. The number of hydrogen-bond acceptors (Lipinski definition) is 3. The van der Waals surface area contributed by atoms with Crippen molar-refractivity contribution < 1.29 is 9.90 Å². The number of carboxylic acids is 1. The molecular weight excluding hydrogens is 266 g/mol. The zero-order valence-electron chi connectivity index (χ0n) is 13.0. The summed E-state index contributed by atoms with van der Waals surface area (Å²) >= 11 is 0. The van der Waals surface area contributed by atoms with Crippen molar-refractivity contribution >= 4 is 5.97 Å². The summed E-state index contributed by atoms with van der Waals surface area (Å²) in [7, 11) is 0. The maximum atomic E-state index is 11.1. The molecule has 0 spiro atoms. The van der Waals surface area contributed by atoms with Crippen LogP contribution in [0.5, 0.6) is 0 Å². The molecule has 5 nitrogen and oxygen atoms in total. The number of carboxylic acid groups (broad SMARTS) is 1. The topological polar surface area (TPSA) is 58.4 Å². The quantitative estimate of drug-likeness (QED) is 0.926. The Bertz CT molecular complexity index is 516. The maximum absolute atomic E-state index is 11.1. The summed E-state index contributed by atoms with van der Waals surface area (Å²) in [5.41, 5.74) is 1.18. The van der Waals surface area contributed by atoms with Crippen LogP contribution in [0.4, 0.5) is 0 Å². The van der Waals surface area contributed by atoms with E-state index in [0.29, 0.717) is 18.5 Å². The highest BCUT2D eigenvalue weighted by Gasteiger charge is 2.28. The lowest BCUT2D eigenvalue weighted by Gasteiger charge is -2.33. The summed E-state index contributed by atoms with van der Waals surface area (Å²) in [6.07, 6.45) is 5.95. The molecule has 0 aliphatic carbocycles. The molecule has 5 heteroatoms. The fraction of sp³-hybridized carbons (Fsp3) is 0.750. The Morgan fingerprint density at radius 1 is 1.33 bits per heavy atom. The summed E-state index contributed by atoms with van der Waals surface area (Å²) in [5, 5.41) is 9.16. The summed E-state index contributed by atoms with van der Waals surface area (Å²) < 4.78 is 2.08. The van der Waals surface area contributed by atoms with Gasteiger partial charge in [0.15, 0.2) is 0 Å². The first-order valence-corrected chi connectivity index (χ1v) is 8.07. The standard InChI is InChI=1S/C16H25N3O2/c1-11(2)18-7-5-12(6-8-18)14-10-19-9-13(16(20)21)3-4-15(19)17-14/h10-13H,3-9H2,1-2H3,(H,20,21). The number of hydrogen-bond donors (Lipinski definition) is 1. The molecule has 3 heterocycles. The van der Waals surface area contributed by atoms with Crippen LogP contribution < -0.4 is 0 Å². The van der Waals surface area contributed by atoms with Crippen LogP contribution >= 0.6 is 0 Å². The lowest BCUT2D eigenvalue weighted by Crippen LogP contribution is -2.37. The highest BCUT2D eigenvalue weighted by molar-refractivity contribution is 5.70.